The predicted octanol–water partition coefficient (Wildman–Crippen LogP) is 3.11. The molecule has 14 heteroatoms. The largest absolute Gasteiger partial charge is 0.507 e. The molecular formula is C37H41NO13. The number of fused-ring (bicyclic) bond motifs is 3. The molecule has 51 heavy (non-hydrogen) atoms. The van der Waals surface area contributed by atoms with Gasteiger partial charge in [-0.2, -0.15) is 0 Å². The Morgan fingerprint density at radius 2 is 1.75 bits per heavy atom. The zero-order valence-electron chi connectivity index (χ0n) is 28.9. The molecule has 5 N–H and O–H groups in total. The first-order valence-corrected chi connectivity index (χ1v) is 16.7. The molecule has 1 fully saturated rings. The van der Waals surface area contributed by atoms with Crippen molar-refractivity contribution in [3.63, 3.8) is 0 Å². The maximum atomic E-state index is 13.9. The van der Waals surface area contributed by atoms with Gasteiger partial charge in [0, 0.05) is 47.9 Å². The number of hydrogen-bond donors (Lipinski definition) is 5. The molecule has 0 aromatic heterocycles. The minimum absolute atomic E-state index is 0.0572. The van der Waals surface area contributed by atoms with E-state index in [1.165, 1.54) is 32.2 Å². The van der Waals surface area contributed by atoms with Crippen LogP contribution in [0.1, 0.15) is 102 Å². The van der Waals surface area contributed by atoms with Crippen molar-refractivity contribution in [2.45, 2.75) is 96.0 Å². The number of nitrogens with one attached hydrogen (secondary N) is 1. The molecule has 14 nitrogen and oxygen atoms in total. The highest BCUT2D eigenvalue weighted by Gasteiger charge is 2.49. The Balaban J connectivity index is 1.29. The first kappa shape index (κ1) is 36.2. The van der Waals surface area contributed by atoms with Gasteiger partial charge in [-0.25, -0.2) is 4.79 Å². The Morgan fingerprint density at radius 1 is 1.04 bits per heavy atom. The monoisotopic (exact) mass is 707 g/mol. The van der Waals surface area contributed by atoms with Gasteiger partial charge in [-0.1, -0.05) is 32.1 Å². The van der Waals surface area contributed by atoms with E-state index in [-0.39, 0.29) is 52.2 Å². The summed E-state index contributed by atoms with van der Waals surface area (Å²) < 4.78 is 22.7. The number of phenolic OH excluding ortho intramolecular Hbond substituents is 2. The van der Waals surface area contributed by atoms with Crippen LogP contribution in [-0.4, -0.2) is 93.5 Å². The summed E-state index contributed by atoms with van der Waals surface area (Å²) in [5.41, 5.74) is -3.33. The van der Waals surface area contributed by atoms with Crippen LogP contribution in [-0.2, 0) is 30.2 Å². The molecule has 1 amide bonds. The average molecular weight is 708 g/mol. The summed E-state index contributed by atoms with van der Waals surface area (Å²) >= 11 is 0. The van der Waals surface area contributed by atoms with Crippen LogP contribution in [0, 0.1) is 5.41 Å². The SMILES string of the molecule is COc1cccc2c1C(=O)c1c(O)c3c(c(O)c1C2=O)C[C@@](O)(C(C)=O)C[C@@H]3O[C@H]1C[C@H](NC(=O)OCC2=CCC(C)(C)CC2=O)[C@H](O)[C@H](C)O1. The number of aromatic hydroxyl groups is 2. The van der Waals surface area contributed by atoms with Gasteiger partial charge in [0.05, 0.1) is 42.0 Å². The lowest BCUT2D eigenvalue weighted by atomic mass is 9.72. The van der Waals surface area contributed by atoms with Crippen molar-refractivity contribution in [2.75, 3.05) is 13.7 Å². The minimum Gasteiger partial charge on any atom is -0.507 e. The lowest BCUT2D eigenvalue weighted by molar-refractivity contribution is -0.249. The van der Waals surface area contributed by atoms with Crippen molar-refractivity contribution in [2.24, 2.45) is 5.41 Å². The molecule has 1 heterocycles. The number of alkyl carbamates (subject to hydrolysis) is 1. The zero-order valence-corrected chi connectivity index (χ0v) is 28.9. The lowest BCUT2D eigenvalue weighted by Crippen LogP contribution is -2.56. The van der Waals surface area contributed by atoms with Crippen LogP contribution in [0.25, 0.3) is 0 Å². The van der Waals surface area contributed by atoms with Gasteiger partial charge in [0.2, 0.25) is 5.78 Å². The standard InChI is InChI=1S/C37H41NO13/c1-16-30(41)21(38-35(46)49-15-18-9-10-36(3,4)13-22(18)40)11-25(50-16)51-24-14-37(47,17(2)39)12-20-27(24)34(45)29-28(32(20)43)31(42)19-7-6-8-23(48-5)26(19)33(29)44/h6-9,16,21,24-25,30,41,43,45,47H,10-15H2,1-5H3,(H,38,46)/t16-,21-,24-,25-,30+,37-/m0/s1. The number of phenols is 2. The third-order valence-electron chi connectivity index (χ3n) is 10.3. The third kappa shape index (κ3) is 6.41. The molecule has 6 atom stereocenters. The van der Waals surface area contributed by atoms with Gasteiger partial charge >= 0.3 is 6.09 Å². The number of benzene rings is 2. The first-order valence-electron chi connectivity index (χ1n) is 16.7. The van der Waals surface area contributed by atoms with E-state index >= 15 is 0 Å². The topological polar surface area (TPSA) is 215 Å². The number of aliphatic hydroxyl groups excluding tert-OH is 1. The molecular weight excluding hydrogens is 666 g/mol. The molecule has 1 aliphatic heterocycles. The highest BCUT2D eigenvalue weighted by Crippen LogP contribution is 2.52. The molecule has 4 aliphatic rings. The average Bonchev–Trinajstić information content (AvgIpc) is 3.06. The molecule has 0 saturated carbocycles. The molecule has 2 aromatic rings. The van der Waals surface area contributed by atoms with E-state index in [0.29, 0.717) is 18.4 Å². The van der Waals surface area contributed by atoms with Gasteiger partial charge in [-0.3, -0.25) is 19.2 Å². The minimum atomic E-state index is -2.11. The van der Waals surface area contributed by atoms with E-state index in [1.807, 2.05) is 13.8 Å². The van der Waals surface area contributed by atoms with Crippen LogP contribution in [0.4, 0.5) is 4.79 Å². The molecule has 3 aliphatic carbocycles. The molecule has 272 valence electrons. The smallest absolute Gasteiger partial charge is 0.407 e. The van der Waals surface area contributed by atoms with Crippen molar-refractivity contribution in [3.05, 3.63) is 63.2 Å². The highest BCUT2D eigenvalue weighted by molar-refractivity contribution is 6.31. The van der Waals surface area contributed by atoms with Gasteiger partial charge in [-0.15, -0.1) is 0 Å². The fourth-order valence-electron chi connectivity index (χ4n) is 7.38. The molecule has 0 unspecified atom stereocenters. The first-order chi connectivity index (χ1) is 24.0. The summed E-state index contributed by atoms with van der Waals surface area (Å²) in [5, 5.41) is 48.2. The molecule has 2 aromatic carbocycles. The third-order valence-corrected chi connectivity index (χ3v) is 10.3. The fraction of sp³-hybridized carbons (Fsp3) is 0.486. The number of carbonyl (C=O) groups is 5. The van der Waals surface area contributed by atoms with Gasteiger partial charge < -0.3 is 44.7 Å². The number of amides is 1. The molecule has 6 rings (SSSR count). The van der Waals surface area contributed by atoms with E-state index in [4.69, 9.17) is 18.9 Å². The van der Waals surface area contributed by atoms with Gasteiger partial charge in [0.1, 0.15) is 35.6 Å². The van der Waals surface area contributed by atoms with Crippen LogP contribution in [0.15, 0.2) is 29.8 Å². The van der Waals surface area contributed by atoms with Crippen molar-refractivity contribution < 1.29 is 63.3 Å². The second kappa shape index (κ2) is 13.2. The number of ketones is 4. The van der Waals surface area contributed by atoms with Crippen LogP contribution in [0.2, 0.25) is 0 Å². The summed E-state index contributed by atoms with van der Waals surface area (Å²) in [5.74, 6) is -3.64. The second-order valence-electron chi connectivity index (χ2n) is 14.5. The lowest BCUT2D eigenvalue weighted by Gasteiger charge is -2.42. The van der Waals surface area contributed by atoms with Crippen molar-refractivity contribution in [1.29, 1.82) is 0 Å². The Morgan fingerprint density at radius 3 is 2.41 bits per heavy atom. The number of Topliss-reactive ketones (excluding diaryl/α,β-unsaturated/α-hetero) is 2. The van der Waals surface area contributed by atoms with E-state index in [2.05, 4.69) is 5.32 Å². The van der Waals surface area contributed by atoms with Crippen molar-refractivity contribution in [1.82, 2.24) is 5.32 Å². The summed E-state index contributed by atoms with van der Waals surface area (Å²) in [7, 11) is 1.32. The maximum Gasteiger partial charge on any atom is 0.407 e. The van der Waals surface area contributed by atoms with Gasteiger partial charge in [0.25, 0.3) is 0 Å². The van der Waals surface area contributed by atoms with Crippen LogP contribution < -0.4 is 10.1 Å². The van der Waals surface area contributed by atoms with E-state index in [9.17, 15) is 44.4 Å². The number of carbonyl (C=O) groups excluding carboxylic acids is 5. The molecule has 0 radical (unpaired) electrons. The number of ether oxygens (including phenoxy) is 4. The number of aliphatic hydroxyl groups is 2. The van der Waals surface area contributed by atoms with Crippen LogP contribution in [0.5, 0.6) is 17.2 Å². The molecule has 0 bridgehead atoms. The fourth-order valence-corrected chi connectivity index (χ4v) is 7.38. The summed E-state index contributed by atoms with van der Waals surface area (Å²) in [6, 6.07) is 3.39. The second-order valence-corrected chi connectivity index (χ2v) is 14.5. The Bertz CT molecular complexity index is 1880. The highest BCUT2D eigenvalue weighted by atomic mass is 16.7. The summed E-state index contributed by atoms with van der Waals surface area (Å²) in [6.07, 6.45) is -3.99. The molecule has 0 spiro atoms. The van der Waals surface area contributed by atoms with E-state index < -0.39 is 95.2 Å². The molecule has 1 saturated heterocycles. The number of rotatable bonds is 7. The number of methoxy groups -OCH3 is 1. The predicted molar refractivity (Wildman–Crippen MR) is 177 cm³/mol. The van der Waals surface area contributed by atoms with E-state index in [0.717, 1.165) is 6.92 Å². The van der Waals surface area contributed by atoms with Gasteiger partial charge in [-0.05, 0) is 31.7 Å². The normalized spacial score (nSPS) is 28.2. The number of hydrogen-bond acceptors (Lipinski definition) is 13. The quantitative estimate of drug-likeness (QED) is 0.224. The summed E-state index contributed by atoms with van der Waals surface area (Å²) in [4.78, 5) is 65.6. The van der Waals surface area contributed by atoms with Crippen molar-refractivity contribution >= 4 is 29.2 Å². The van der Waals surface area contributed by atoms with Gasteiger partial charge in [0.15, 0.2) is 23.6 Å². The van der Waals surface area contributed by atoms with Crippen LogP contribution >= 0.6 is 0 Å². The Hall–Kier alpha value is -4.63. The maximum absolute atomic E-state index is 13.9. The Kier molecular flexibility index (Phi) is 9.34. The number of allylic oxidation sites excluding steroid dienone is 1. The zero-order chi connectivity index (χ0) is 37.2. The van der Waals surface area contributed by atoms with E-state index in [1.54, 1.807) is 6.08 Å². The Labute approximate surface area is 293 Å². The summed E-state index contributed by atoms with van der Waals surface area (Å²) in [6.45, 7) is 6.37. The van der Waals surface area contributed by atoms with Crippen LogP contribution in [0.3, 0.4) is 0 Å². The van der Waals surface area contributed by atoms with Crippen molar-refractivity contribution in [3.8, 4) is 17.2 Å².